The van der Waals surface area contributed by atoms with Gasteiger partial charge in [-0.05, 0) is 20.9 Å². The van der Waals surface area contributed by atoms with E-state index in [-0.39, 0.29) is 5.60 Å². The Hall–Kier alpha value is -0.160. The molecule has 12 heavy (non-hydrogen) atoms. The lowest BCUT2D eigenvalue weighted by atomic mass is 10.1. The van der Waals surface area contributed by atoms with E-state index >= 15 is 0 Å². The van der Waals surface area contributed by atoms with Crippen molar-refractivity contribution in [2.45, 2.75) is 19.4 Å². The minimum atomic E-state index is -0.261. The number of hydrogen-bond acceptors (Lipinski definition) is 4. The van der Waals surface area contributed by atoms with Gasteiger partial charge in [0.1, 0.15) is 0 Å². The molecule has 0 heterocycles. The van der Waals surface area contributed by atoms with Crippen LogP contribution >= 0.6 is 0 Å². The Morgan fingerprint density at radius 3 is 2.50 bits per heavy atom. The molecule has 3 N–H and O–H groups in total. The molecule has 0 aliphatic rings. The van der Waals surface area contributed by atoms with Crippen LogP contribution in [0.1, 0.15) is 13.8 Å². The Morgan fingerprint density at radius 1 is 1.50 bits per heavy atom. The second-order valence-electron chi connectivity index (χ2n) is 3.51. The molecule has 4 nitrogen and oxygen atoms in total. The average molecular weight is 175 g/mol. The van der Waals surface area contributed by atoms with Gasteiger partial charge in [-0.15, -0.1) is 0 Å². The summed E-state index contributed by atoms with van der Waals surface area (Å²) in [6.07, 6.45) is 0. The summed E-state index contributed by atoms with van der Waals surface area (Å²) in [4.78, 5) is 5.56. The third kappa shape index (κ3) is 5.49. The van der Waals surface area contributed by atoms with E-state index in [2.05, 4.69) is 5.32 Å². The van der Waals surface area contributed by atoms with Crippen LogP contribution in [0.5, 0.6) is 0 Å². The highest BCUT2D eigenvalue weighted by Crippen LogP contribution is 2.07. The van der Waals surface area contributed by atoms with E-state index in [4.69, 9.17) is 10.6 Å². The summed E-state index contributed by atoms with van der Waals surface area (Å²) in [6, 6.07) is 0. The predicted octanol–water partition coefficient (Wildman–Crippen LogP) is -0.193. The van der Waals surface area contributed by atoms with Crippen LogP contribution in [0.3, 0.4) is 0 Å². The molecule has 0 unspecified atom stereocenters. The van der Waals surface area contributed by atoms with Crippen LogP contribution < -0.4 is 11.1 Å². The van der Waals surface area contributed by atoms with Gasteiger partial charge in [0.05, 0.1) is 5.60 Å². The minimum Gasteiger partial charge on any atom is -0.328 e. The molecule has 0 aliphatic carbocycles. The SMILES string of the molecule is CNCCN(C)OC(C)(C)CN. The largest absolute Gasteiger partial charge is 0.328 e. The lowest BCUT2D eigenvalue weighted by molar-refractivity contribution is -0.215. The van der Waals surface area contributed by atoms with Gasteiger partial charge in [0.25, 0.3) is 0 Å². The Morgan fingerprint density at radius 2 is 2.08 bits per heavy atom. The van der Waals surface area contributed by atoms with Gasteiger partial charge < -0.3 is 11.1 Å². The molecule has 0 radical (unpaired) electrons. The minimum absolute atomic E-state index is 0.261. The fourth-order valence-electron chi connectivity index (χ4n) is 0.774. The zero-order valence-corrected chi connectivity index (χ0v) is 8.55. The summed E-state index contributed by atoms with van der Waals surface area (Å²) in [7, 11) is 3.83. The molecule has 0 aromatic heterocycles. The van der Waals surface area contributed by atoms with Gasteiger partial charge in [0, 0.05) is 26.7 Å². The first-order valence-corrected chi connectivity index (χ1v) is 4.27. The molecule has 0 aliphatic heterocycles. The molecule has 0 aromatic carbocycles. The monoisotopic (exact) mass is 175 g/mol. The summed E-state index contributed by atoms with van der Waals surface area (Å²) in [5.74, 6) is 0. The molecule has 0 saturated heterocycles. The first-order chi connectivity index (χ1) is 5.52. The molecule has 4 heteroatoms. The van der Waals surface area contributed by atoms with Crippen LogP contribution in [-0.4, -0.2) is 44.4 Å². The highest BCUT2D eigenvalue weighted by molar-refractivity contribution is 4.67. The molecule has 74 valence electrons. The Labute approximate surface area is 75.0 Å². The molecule has 0 rings (SSSR count). The highest BCUT2D eigenvalue weighted by atomic mass is 16.7. The third-order valence-corrected chi connectivity index (χ3v) is 1.57. The third-order valence-electron chi connectivity index (χ3n) is 1.57. The van der Waals surface area contributed by atoms with Crippen LogP contribution in [0.25, 0.3) is 0 Å². The summed E-state index contributed by atoms with van der Waals surface area (Å²) < 4.78 is 0. The van der Waals surface area contributed by atoms with E-state index in [9.17, 15) is 0 Å². The van der Waals surface area contributed by atoms with Gasteiger partial charge in [-0.25, -0.2) is 0 Å². The maximum Gasteiger partial charge on any atom is 0.0965 e. The summed E-state index contributed by atoms with van der Waals surface area (Å²) in [5, 5.41) is 4.86. The summed E-state index contributed by atoms with van der Waals surface area (Å²) in [6.45, 7) is 6.25. The summed E-state index contributed by atoms with van der Waals surface area (Å²) in [5.41, 5.74) is 5.25. The van der Waals surface area contributed by atoms with Crippen molar-refractivity contribution in [1.29, 1.82) is 0 Å². The zero-order chi connectivity index (χ0) is 9.61. The van der Waals surface area contributed by atoms with Crippen molar-refractivity contribution in [3.8, 4) is 0 Å². The van der Waals surface area contributed by atoms with Crippen molar-refractivity contribution >= 4 is 0 Å². The van der Waals surface area contributed by atoms with Crippen LogP contribution in [0.4, 0.5) is 0 Å². The lowest BCUT2D eigenvalue weighted by Gasteiger charge is -2.28. The predicted molar refractivity (Wildman–Crippen MR) is 50.8 cm³/mol. The quantitative estimate of drug-likeness (QED) is 0.549. The van der Waals surface area contributed by atoms with Crippen molar-refractivity contribution < 1.29 is 4.84 Å². The second-order valence-corrected chi connectivity index (χ2v) is 3.51. The van der Waals surface area contributed by atoms with Gasteiger partial charge in [-0.2, -0.15) is 5.06 Å². The maximum absolute atomic E-state index is 5.56. The summed E-state index contributed by atoms with van der Waals surface area (Å²) >= 11 is 0. The van der Waals surface area contributed by atoms with Crippen molar-refractivity contribution in [3.63, 3.8) is 0 Å². The van der Waals surface area contributed by atoms with E-state index in [0.29, 0.717) is 6.54 Å². The number of rotatable bonds is 6. The number of hydrogen-bond donors (Lipinski definition) is 2. The van der Waals surface area contributed by atoms with Crippen molar-refractivity contribution in [2.75, 3.05) is 33.7 Å². The molecule has 0 aromatic rings. The Kier molecular flexibility index (Phi) is 5.41. The standard InChI is InChI=1S/C8H21N3O/c1-8(2,7-9)12-11(4)6-5-10-3/h10H,5-7,9H2,1-4H3. The fraction of sp³-hybridized carbons (Fsp3) is 1.00. The molecule has 0 fully saturated rings. The lowest BCUT2D eigenvalue weighted by Crippen LogP contribution is -2.41. The second kappa shape index (κ2) is 5.48. The van der Waals surface area contributed by atoms with E-state index in [1.54, 1.807) is 0 Å². The highest BCUT2D eigenvalue weighted by Gasteiger charge is 2.18. The molecule has 0 amide bonds. The van der Waals surface area contributed by atoms with E-state index in [1.807, 2.05) is 33.0 Å². The molecule has 0 saturated carbocycles. The average Bonchev–Trinajstić information content (AvgIpc) is 2.00. The van der Waals surface area contributed by atoms with Gasteiger partial charge >= 0.3 is 0 Å². The van der Waals surface area contributed by atoms with Crippen LogP contribution in [0, 0.1) is 0 Å². The number of nitrogens with zero attached hydrogens (tertiary/aromatic N) is 1. The zero-order valence-electron chi connectivity index (χ0n) is 8.55. The normalized spacial score (nSPS) is 12.5. The smallest absolute Gasteiger partial charge is 0.0965 e. The van der Waals surface area contributed by atoms with Gasteiger partial charge in [-0.3, -0.25) is 4.84 Å². The molecule has 0 spiro atoms. The van der Waals surface area contributed by atoms with Crippen molar-refractivity contribution in [1.82, 2.24) is 10.4 Å². The van der Waals surface area contributed by atoms with E-state index < -0.39 is 0 Å². The molecular weight excluding hydrogens is 154 g/mol. The first-order valence-electron chi connectivity index (χ1n) is 4.27. The van der Waals surface area contributed by atoms with Crippen LogP contribution in [-0.2, 0) is 4.84 Å². The van der Waals surface area contributed by atoms with Crippen LogP contribution in [0.2, 0.25) is 0 Å². The number of nitrogens with one attached hydrogen (secondary N) is 1. The molecule has 0 atom stereocenters. The molecule has 0 bridgehead atoms. The number of likely N-dealkylation sites (N-methyl/N-ethyl adjacent to an activating group) is 2. The number of hydroxylamine groups is 2. The van der Waals surface area contributed by atoms with E-state index in [0.717, 1.165) is 13.1 Å². The van der Waals surface area contributed by atoms with E-state index in [1.165, 1.54) is 0 Å². The Balaban J connectivity index is 3.60. The Bertz CT molecular complexity index is 117. The van der Waals surface area contributed by atoms with Crippen LogP contribution in [0.15, 0.2) is 0 Å². The first kappa shape index (κ1) is 11.8. The van der Waals surface area contributed by atoms with Crippen molar-refractivity contribution in [3.05, 3.63) is 0 Å². The van der Waals surface area contributed by atoms with Gasteiger partial charge in [-0.1, -0.05) is 0 Å². The van der Waals surface area contributed by atoms with Gasteiger partial charge in [0.2, 0.25) is 0 Å². The number of nitrogens with two attached hydrogens (primary N) is 1. The van der Waals surface area contributed by atoms with Gasteiger partial charge in [0.15, 0.2) is 0 Å². The topological polar surface area (TPSA) is 50.5 Å². The fourth-order valence-corrected chi connectivity index (χ4v) is 0.774. The maximum atomic E-state index is 5.56. The van der Waals surface area contributed by atoms with Crippen molar-refractivity contribution in [2.24, 2.45) is 5.73 Å². The molecular formula is C8H21N3O.